The number of fused-ring (bicyclic) bond motifs is 1. The van der Waals surface area contributed by atoms with Crippen LogP contribution in [0.5, 0.6) is 0 Å². The minimum Gasteiger partial charge on any atom is -0.348 e. The zero-order valence-electron chi connectivity index (χ0n) is 13.1. The molecule has 1 saturated carbocycles. The third-order valence-electron chi connectivity index (χ3n) is 4.34. The fourth-order valence-electron chi connectivity index (χ4n) is 2.85. The average molecular weight is 320 g/mol. The lowest BCUT2D eigenvalue weighted by Gasteiger charge is -2.10. The highest BCUT2D eigenvalue weighted by Crippen LogP contribution is 2.40. The molecule has 1 aliphatic rings. The van der Waals surface area contributed by atoms with E-state index in [0.29, 0.717) is 18.0 Å². The molecule has 3 aromatic rings. The molecule has 24 heavy (non-hydrogen) atoms. The van der Waals surface area contributed by atoms with Crippen LogP contribution < -0.4 is 5.32 Å². The van der Waals surface area contributed by atoms with Crippen LogP contribution in [0.3, 0.4) is 0 Å². The van der Waals surface area contributed by atoms with Crippen LogP contribution in [0.25, 0.3) is 10.9 Å². The lowest BCUT2D eigenvalue weighted by Crippen LogP contribution is -2.23. The highest BCUT2D eigenvalue weighted by atomic mass is 19.1. The number of nitrogens with one attached hydrogen (secondary N) is 1. The monoisotopic (exact) mass is 320 g/mol. The van der Waals surface area contributed by atoms with Gasteiger partial charge in [0, 0.05) is 23.5 Å². The number of para-hydroxylation sites is 1. The van der Waals surface area contributed by atoms with Gasteiger partial charge < -0.3 is 5.32 Å². The van der Waals surface area contributed by atoms with Gasteiger partial charge in [0.2, 0.25) is 0 Å². The first-order chi connectivity index (χ1) is 11.7. The second-order valence-electron chi connectivity index (χ2n) is 6.20. The predicted octanol–water partition coefficient (Wildman–Crippen LogP) is 4.18. The van der Waals surface area contributed by atoms with E-state index in [2.05, 4.69) is 10.3 Å². The predicted molar refractivity (Wildman–Crippen MR) is 91.3 cm³/mol. The van der Waals surface area contributed by atoms with Crippen molar-refractivity contribution < 1.29 is 9.18 Å². The summed E-state index contributed by atoms with van der Waals surface area (Å²) in [7, 11) is 0. The summed E-state index contributed by atoms with van der Waals surface area (Å²) in [4.78, 5) is 17.4. The number of amides is 1. The van der Waals surface area contributed by atoms with Crippen molar-refractivity contribution in [3.8, 4) is 0 Å². The number of nitrogens with zero attached hydrogens (tertiary/aromatic N) is 1. The van der Waals surface area contributed by atoms with Gasteiger partial charge in [-0.15, -0.1) is 0 Å². The maximum absolute atomic E-state index is 13.0. The van der Waals surface area contributed by atoms with Crippen molar-refractivity contribution in [1.29, 1.82) is 0 Å². The average Bonchev–Trinajstić information content (AvgIpc) is 3.45. The summed E-state index contributed by atoms with van der Waals surface area (Å²) in [6, 6.07) is 15.8. The molecule has 120 valence electrons. The maximum atomic E-state index is 13.0. The Kier molecular flexibility index (Phi) is 3.73. The number of pyridine rings is 1. The summed E-state index contributed by atoms with van der Waals surface area (Å²) in [5.74, 6) is 0.0809. The van der Waals surface area contributed by atoms with Crippen molar-refractivity contribution in [3.63, 3.8) is 0 Å². The van der Waals surface area contributed by atoms with E-state index >= 15 is 0 Å². The van der Waals surface area contributed by atoms with Crippen LogP contribution in [0.1, 0.15) is 40.4 Å². The molecule has 1 aliphatic carbocycles. The van der Waals surface area contributed by atoms with Gasteiger partial charge in [0.15, 0.2) is 0 Å². The fraction of sp³-hybridized carbons (Fsp3) is 0.200. The number of hydrogen-bond donors (Lipinski definition) is 1. The summed E-state index contributed by atoms with van der Waals surface area (Å²) < 4.78 is 13.0. The molecule has 2 aromatic carbocycles. The van der Waals surface area contributed by atoms with Crippen molar-refractivity contribution in [2.45, 2.75) is 25.3 Å². The largest absolute Gasteiger partial charge is 0.348 e. The van der Waals surface area contributed by atoms with E-state index in [9.17, 15) is 9.18 Å². The number of halogens is 1. The molecule has 1 N–H and O–H groups in total. The highest BCUT2D eigenvalue weighted by Gasteiger charge is 2.26. The van der Waals surface area contributed by atoms with Crippen molar-refractivity contribution in [2.24, 2.45) is 0 Å². The Bertz CT molecular complexity index is 901. The van der Waals surface area contributed by atoms with Gasteiger partial charge in [-0.2, -0.15) is 0 Å². The van der Waals surface area contributed by atoms with E-state index in [1.807, 2.05) is 30.3 Å². The van der Waals surface area contributed by atoms with Crippen LogP contribution in [0.4, 0.5) is 4.39 Å². The van der Waals surface area contributed by atoms with Gasteiger partial charge in [-0.25, -0.2) is 4.39 Å². The first kappa shape index (κ1) is 14.8. The first-order valence-electron chi connectivity index (χ1n) is 8.13. The number of carbonyl (C=O) groups excluding carboxylic acids is 1. The van der Waals surface area contributed by atoms with Crippen LogP contribution in [0, 0.1) is 5.82 Å². The number of rotatable bonds is 4. The number of hydrogen-bond acceptors (Lipinski definition) is 2. The second-order valence-corrected chi connectivity index (χ2v) is 6.20. The molecule has 0 radical (unpaired) electrons. The van der Waals surface area contributed by atoms with Crippen molar-refractivity contribution >= 4 is 16.8 Å². The SMILES string of the molecule is O=C(NCc1ccc(F)cc1)c1cc(C2CC2)nc2ccccc12. The minimum absolute atomic E-state index is 0.125. The molecule has 0 saturated heterocycles. The van der Waals surface area contributed by atoms with Crippen LogP contribution in [0.15, 0.2) is 54.6 Å². The smallest absolute Gasteiger partial charge is 0.252 e. The topological polar surface area (TPSA) is 42.0 Å². The van der Waals surface area contributed by atoms with E-state index in [0.717, 1.165) is 35.0 Å². The molecule has 0 atom stereocenters. The summed E-state index contributed by atoms with van der Waals surface area (Å²) in [6.45, 7) is 0.370. The molecule has 0 aliphatic heterocycles. The summed E-state index contributed by atoms with van der Waals surface area (Å²) >= 11 is 0. The summed E-state index contributed by atoms with van der Waals surface area (Å²) in [5.41, 5.74) is 3.38. The zero-order chi connectivity index (χ0) is 16.5. The van der Waals surface area contributed by atoms with E-state index in [4.69, 9.17) is 0 Å². The molecule has 1 heterocycles. The van der Waals surface area contributed by atoms with Gasteiger partial charge in [0.05, 0.1) is 11.1 Å². The van der Waals surface area contributed by atoms with Crippen LogP contribution in [0.2, 0.25) is 0 Å². The molecule has 4 rings (SSSR count). The Morgan fingerprint density at radius 2 is 1.88 bits per heavy atom. The number of benzene rings is 2. The molecule has 3 nitrogen and oxygen atoms in total. The maximum Gasteiger partial charge on any atom is 0.252 e. The van der Waals surface area contributed by atoms with Crippen molar-refractivity contribution in [3.05, 3.63) is 77.2 Å². The van der Waals surface area contributed by atoms with Gasteiger partial charge in [0.1, 0.15) is 5.82 Å². The molecule has 0 spiro atoms. The van der Waals surface area contributed by atoms with Gasteiger partial charge in [0.25, 0.3) is 5.91 Å². The third-order valence-corrected chi connectivity index (χ3v) is 4.34. The minimum atomic E-state index is -0.278. The molecule has 4 heteroatoms. The van der Waals surface area contributed by atoms with E-state index < -0.39 is 0 Å². The Balaban J connectivity index is 1.62. The van der Waals surface area contributed by atoms with Crippen molar-refractivity contribution in [2.75, 3.05) is 0 Å². The Morgan fingerprint density at radius 1 is 1.12 bits per heavy atom. The van der Waals surface area contributed by atoms with E-state index in [-0.39, 0.29) is 11.7 Å². The molecule has 0 unspecified atom stereocenters. The quantitative estimate of drug-likeness (QED) is 0.783. The van der Waals surface area contributed by atoms with Crippen LogP contribution >= 0.6 is 0 Å². The molecule has 1 fully saturated rings. The molecule has 1 amide bonds. The Labute approximate surface area is 139 Å². The standard InChI is InChI=1S/C20H17FN2O/c21-15-9-5-13(6-10-15)12-22-20(24)17-11-19(14-7-8-14)23-18-4-2-1-3-16(17)18/h1-6,9-11,14H,7-8,12H2,(H,22,24). The number of carbonyl (C=O) groups is 1. The van der Waals surface area contributed by atoms with Crippen LogP contribution in [-0.2, 0) is 6.54 Å². The van der Waals surface area contributed by atoms with Gasteiger partial charge in [-0.05, 0) is 42.7 Å². The summed E-state index contributed by atoms with van der Waals surface area (Å²) in [5, 5.41) is 3.78. The van der Waals surface area contributed by atoms with Gasteiger partial charge in [-0.3, -0.25) is 9.78 Å². The van der Waals surface area contributed by atoms with Crippen molar-refractivity contribution in [1.82, 2.24) is 10.3 Å². The summed E-state index contributed by atoms with van der Waals surface area (Å²) in [6.07, 6.45) is 2.28. The molecule has 0 bridgehead atoms. The lowest BCUT2D eigenvalue weighted by atomic mass is 10.1. The normalized spacial score (nSPS) is 13.9. The lowest BCUT2D eigenvalue weighted by molar-refractivity contribution is 0.0952. The third kappa shape index (κ3) is 3.00. The Morgan fingerprint density at radius 3 is 2.62 bits per heavy atom. The van der Waals surface area contributed by atoms with E-state index in [1.54, 1.807) is 12.1 Å². The molecular formula is C20H17FN2O. The fourth-order valence-corrected chi connectivity index (χ4v) is 2.85. The van der Waals surface area contributed by atoms with Gasteiger partial charge >= 0.3 is 0 Å². The first-order valence-corrected chi connectivity index (χ1v) is 8.13. The highest BCUT2D eigenvalue weighted by molar-refractivity contribution is 6.06. The van der Waals surface area contributed by atoms with E-state index in [1.165, 1.54) is 12.1 Å². The Hall–Kier alpha value is -2.75. The zero-order valence-corrected chi connectivity index (χ0v) is 13.1. The molecule has 1 aromatic heterocycles. The molecular weight excluding hydrogens is 303 g/mol. The van der Waals surface area contributed by atoms with Crippen LogP contribution in [-0.4, -0.2) is 10.9 Å². The number of aromatic nitrogens is 1. The second kappa shape index (κ2) is 6.04. The van der Waals surface area contributed by atoms with Gasteiger partial charge in [-0.1, -0.05) is 30.3 Å².